The molecule has 2 amide bonds. The van der Waals surface area contributed by atoms with Gasteiger partial charge >= 0.3 is 25.7 Å². The van der Waals surface area contributed by atoms with Crippen molar-refractivity contribution in [3.05, 3.63) is 42.6 Å². The van der Waals surface area contributed by atoms with E-state index in [2.05, 4.69) is 11.2 Å². The number of hydrogen-bond acceptors (Lipinski definition) is 8. The summed E-state index contributed by atoms with van der Waals surface area (Å²) in [6.45, 7) is 3.54. The van der Waals surface area contributed by atoms with E-state index < -0.39 is 62.2 Å². The maximum Gasteiger partial charge on any atom is 0.462 e. The fourth-order valence-electron chi connectivity index (χ4n) is 4.10. The Bertz CT molecular complexity index is 1150. The monoisotopic (exact) mass is 554 g/mol. The number of amides is 2. The lowest BCUT2D eigenvalue weighted by Crippen LogP contribution is -2.61. The first-order valence-electron chi connectivity index (χ1n) is 11.9. The first-order valence-corrected chi connectivity index (χ1v) is 13.4. The molecule has 0 saturated carbocycles. The van der Waals surface area contributed by atoms with Crippen molar-refractivity contribution < 1.29 is 42.5 Å². The minimum atomic E-state index is -4.44. The molecule has 0 aromatic heterocycles. The van der Waals surface area contributed by atoms with Gasteiger partial charge in [0.05, 0.1) is 12.8 Å². The average molecular weight is 555 g/mol. The quantitative estimate of drug-likeness (QED) is 0.181. The van der Waals surface area contributed by atoms with E-state index in [1.807, 2.05) is 0 Å². The third-order valence-corrected chi connectivity index (χ3v) is 8.48. The van der Waals surface area contributed by atoms with Crippen molar-refractivity contribution >= 4 is 19.7 Å². The predicted molar refractivity (Wildman–Crippen MR) is 134 cm³/mol. The van der Waals surface area contributed by atoms with E-state index in [0.717, 1.165) is 10.9 Å². The molecule has 0 radical (unpaired) electrons. The Morgan fingerprint density at radius 1 is 1.45 bits per heavy atom. The van der Waals surface area contributed by atoms with E-state index >= 15 is 4.39 Å². The minimum absolute atomic E-state index is 0.0137. The smallest absolute Gasteiger partial charge is 0.462 e. The number of urea groups is 1. The molecule has 1 fully saturated rings. The largest absolute Gasteiger partial charge is 0.480 e. The number of para-hydroxylation sites is 1. The summed E-state index contributed by atoms with van der Waals surface area (Å²) in [6.07, 6.45) is 4.18. The highest BCUT2D eigenvalue weighted by Gasteiger charge is 2.68. The molecule has 1 unspecified atom stereocenters. The van der Waals surface area contributed by atoms with E-state index in [9.17, 15) is 24.4 Å². The summed E-state index contributed by atoms with van der Waals surface area (Å²) in [5.41, 5.74) is 3.54. The van der Waals surface area contributed by atoms with Gasteiger partial charge in [0.2, 0.25) is 0 Å². The Kier molecular flexibility index (Phi) is 8.88. The number of nitrogens with two attached hydrogens (primary N) is 1. The van der Waals surface area contributed by atoms with Gasteiger partial charge in [0.15, 0.2) is 0 Å². The number of nitrogens with zero attached hydrogens (tertiary/aromatic N) is 2. The second kappa shape index (κ2) is 11.4. The molecule has 2 heterocycles. The van der Waals surface area contributed by atoms with Crippen LogP contribution in [0.3, 0.4) is 0 Å². The van der Waals surface area contributed by atoms with Crippen molar-refractivity contribution in [2.24, 2.45) is 11.1 Å². The van der Waals surface area contributed by atoms with Crippen molar-refractivity contribution in [2.45, 2.75) is 57.6 Å². The maximum absolute atomic E-state index is 16.4. The maximum atomic E-state index is 16.4. The summed E-state index contributed by atoms with van der Waals surface area (Å²) in [7, 11) is -4.44. The molecule has 5 N–H and O–H groups in total. The van der Waals surface area contributed by atoms with Crippen molar-refractivity contribution in [3.63, 3.8) is 0 Å². The first kappa shape index (κ1) is 29.6. The lowest BCUT2D eigenvalue weighted by Gasteiger charge is -2.40. The summed E-state index contributed by atoms with van der Waals surface area (Å²) < 4.78 is 48.4. The number of hydrogen-bond donors (Lipinski definition) is 4. The molecule has 1 saturated heterocycles. The van der Waals surface area contributed by atoms with Crippen LogP contribution < -0.4 is 15.6 Å². The number of terminal acetylenes is 1. The number of carboxylic acid groups (broad SMARTS) is 1. The molecule has 3 rings (SSSR count). The normalized spacial score (nSPS) is 31.4. The standard InChI is InChI=1S/C24H32FN4O8P/c1-5-13-29(16(3)21(31)32)38(34,37-17-10-8-7-9-11-17)35-15-18-20(30)23(4,6-2)24(25,36-18)28-14-12-19(26)27-22(28)33/h2,7-12,14,16,18-20,30H,5,13,15,26H2,1,3-4H3,(H,27,33)(H,31,32)/t16-,18+,19?,20+,23+,24-,38+/m0/s1. The van der Waals surface area contributed by atoms with Crippen molar-refractivity contribution in [3.8, 4) is 18.1 Å². The van der Waals surface area contributed by atoms with E-state index in [4.69, 9.17) is 25.9 Å². The van der Waals surface area contributed by atoms with Crippen LogP contribution in [0.4, 0.5) is 9.18 Å². The zero-order valence-electron chi connectivity index (χ0n) is 21.2. The second-order valence-electron chi connectivity index (χ2n) is 9.04. The molecule has 208 valence electrons. The molecule has 1 aromatic carbocycles. The zero-order valence-corrected chi connectivity index (χ0v) is 22.1. The predicted octanol–water partition coefficient (Wildman–Crippen LogP) is 2.22. The number of aliphatic hydroxyl groups is 1. The number of nitrogens with one attached hydrogen (secondary N) is 1. The van der Waals surface area contributed by atoms with Crippen LogP contribution in [0.1, 0.15) is 27.2 Å². The van der Waals surface area contributed by atoms with Crippen LogP contribution in [0.15, 0.2) is 42.6 Å². The molecular weight excluding hydrogens is 522 g/mol. The van der Waals surface area contributed by atoms with Gasteiger partial charge < -0.3 is 30.5 Å². The van der Waals surface area contributed by atoms with E-state index in [1.54, 1.807) is 25.1 Å². The number of carbonyl (C=O) groups is 2. The molecular formula is C24H32FN4O8P. The van der Waals surface area contributed by atoms with Gasteiger partial charge in [-0.15, -0.1) is 6.42 Å². The third-order valence-electron chi connectivity index (χ3n) is 6.39. The van der Waals surface area contributed by atoms with E-state index in [-0.39, 0.29) is 12.3 Å². The van der Waals surface area contributed by atoms with Crippen LogP contribution in [0.2, 0.25) is 0 Å². The fourth-order valence-corrected chi connectivity index (χ4v) is 6.10. The summed E-state index contributed by atoms with van der Waals surface area (Å²) >= 11 is 0. The molecule has 38 heavy (non-hydrogen) atoms. The number of carboxylic acids is 1. The molecule has 0 bridgehead atoms. The van der Waals surface area contributed by atoms with Crippen molar-refractivity contribution in [1.29, 1.82) is 0 Å². The zero-order chi connectivity index (χ0) is 28.3. The number of benzene rings is 1. The minimum Gasteiger partial charge on any atom is -0.480 e. The highest BCUT2D eigenvalue weighted by atomic mass is 31.2. The van der Waals surface area contributed by atoms with Gasteiger partial charge in [0.1, 0.15) is 29.4 Å². The number of aliphatic hydroxyl groups excluding tert-OH is 1. The van der Waals surface area contributed by atoms with Gasteiger partial charge in [-0.25, -0.2) is 14.3 Å². The molecule has 0 spiro atoms. The Morgan fingerprint density at radius 3 is 2.66 bits per heavy atom. The summed E-state index contributed by atoms with van der Waals surface area (Å²) in [6, 6.07) is 5.69. The average Bonchev–Trinajstić information content (AvgIpc) is 3.07. The lowest BCUT2D eigenvalue weighted by atomic mass is 9.81. The van der Waals surface area contributed by atoms with E-state index in [0.29, 0.717) is 11.3 Å². The highest BCUT2D eigenvalue weighted by molar-refractivity contribution is 7.51. The van der Waals surface area contributed by atoms with Gasteiger partial charge in [0, 0.05) is 12.7 Å². The van der Waals surface area contributed by atoms with Crippen molar-refractivity contribution in [2.75, 3.05) is 13.2 Å². The third kappa shape index (κ3) is 5.42. The van der Waals surface area contributed by atoms with Crippen LogP contribution >= 0.6 is 7.75 Å². The summed E-state index contributed by atoms with van der Waals surface area (Å²) in [5, 5.41) is 22.9. The van der Waals surface area contributed by atoms with Crippen LogP contribution in [0.25, 0.3) is 0 Å². The molecule has 0 aliphatic carbocycles. The topological polar surface area (TPSA) is 164 Å². The lowest BCUT2D eigenvalue weighted by molar-refractivity contribution is -0.236. The molecule has 12 nitrogen and oxygen atoms in total. The Labute approximate surface area is 220 Å². The van der Waals surface area contributed by atoms with Crippen molar-refractivity contribution in [1.82, 2.24) is 14.9 Å². The number of alkyl halides is 1. The molecule has 1 aromatic rings. The molecule has 7 atom stereocenters. The van der Waals surface area contributed by atoms with Gasteiger partial charge in [0.25, 0.3) is 0 Å². The Hall–Kier alpha value is -2.98. The molecule has 2 aliphatic heterocycles. The van der Waals surface area contributed by atoms with Crippen LogP contribution in [-0.4, -0.2) is 75.3 Å². The van der Waals surface area contributed by atoms with Gasteiger partial charge in [-0.1, -0.05) is 31.0 Å². The van der Waals surface area contributed by atoms with Gasteiger partial charge in [-0.2, -0.15) is 9.06 Å². The molecule has 2 aliphatic rings. The number of halogens is 1. The van der Waals surface area contributed by atoms with Gasteiger partial charge in [-0.3, -0.25) is 9.32 Å². The van der Waals surface area contributed by atoms with Crippen LogP contribution in [0, 0.1) is 17.8 Å². The first-order chi connectivity index (χ1) is 17.8. The van der Waals surface area contributed by atoms with Gasteiger partial charge in [-0.05, 0) is 38.5 Å². The fraction of sp³-hybridized carbons (Fsp3) is 0.500. The molecule has 14 heteroatoms. The second-order valence-corrected chi connectivity index (χ2v) is 10.9. The number of ether oxygens (including phenoxy) is 1. The number of rotatable bonds is 11. The van der Waals surface area contributed by atoms with E-state index in [1.165, 1.54) is 32.1 Å². The summed E-state index contributed by atoms with van der Waals surface area (Å²) in [5.74, 6) is -2.02. The SMILES string of the molecule is C#C[C@]1(C)[C@H](O)[C@@H](CO[P@@](=O)(Oc2ccccc2)N(CCC)[C@@H](C)C(=O)O)O[C@@]1(F)N1C=CC(N)NC1=O. The number of aliphatic carboxylic acids is 1. The van der Waals surface area contributed by atoms with Crippen LogP contribution in [-0.2, 0) is 18.6 Å². The Morgan fingerprint density at radius 2 is 2.11 bits per heavy atom. The Balaban J connectivity index is 1.94. The highest BCUT2D eigenvalue weighted by Crippen LogP contribution is 2.55. The summed E-state index contributed by atoms with van der Waals surface area (Å²) in [4.78, 5) is 24.8. The number of carbonyl (C=O) groups excluding carboxylic acids is 1. The van der Waals surface area contributed by atoms with Crippen LogP contribution in [0.5, 0.6) is 5.75 Å².